The molecule has 3 nitrogen and oxygen atoms in total. The number of benzene rings is 2. The lowest BCUT2D eigenvalue weighted by molar-refractivity contribution is -0.128. The first-order chi connectivity index (χ1) is 13.1. The quantitative estimate of drug-likeness (QED) is 0.736. The van der Waals surface area contributed by atoms with Gasteiger partial charge in [0.1, 0.15) is 5.75 Å². The van der Waals surface area contributed by atoms with Crippen molar-refractivity contribution in [3.05, 3.63) is 64.7 Å². The normalized spacial score (nSPS) is 15.5. The molecular weight excluding hydrogens is 334 g/mol. The number of hydrogen-bond donors (Lipinski definition) is 1. The van der Waals surface area contributed by atoms with Crippen molar-refractivity contribution in [1.82, 2.24) is 5.32 Å². The Hall–Kier alpha value is -2.29. The molecule has 0 unspecified atom stereocenters. The molecular formula is C24H31NO2. The van der Waals surface area contributed by atoms with Gasteiger partial charge in [0.2, 0.25) is 0 Å². The van der Waals surface area contributed by atoms with Crippen LogP contribution in [0.4, 0.5) is 0 Å². The monoisotopic (exact) mass is 365 g/mol. The van der Waals surface area contributed by atoms with Crippen molar-refractivity contribution in [3.8, 4) is 5.75 Å². The summed E-state index contributed by atoms with van der Waals surface area (Å²) in [6.45, 7) is 6.15. The summed E-state index contributed by atoms with van der Waals surface area (Å²) in [6, 6.07) is 14.6. The second kappa shape index (κ2) is 9.07. The van der Waals surface area contributed by atoms with Gasteiger partial charge in [-0.25, -0.2) is 0 Å². The van der Waals surface area contributed by atoms with Gasteiger partial charge in [0.15, 0.2) is 6.10 Å². The SMILES string of the molecule is CCc1ccc(O[C@@H](CC)C(=O)N[C@H](C)c2ccc3c(c2)CCCC3)cc1. The van der Waals surface area contributed by atoms with Crippen molar-refractivity contribution in [1.29, 1.82) is 0 Å². The number of ether oxygens (including phenoxy) is 1. The third-order valence-electron chi connectivity index (χ3n) is 5.50. The summed E-state index contributed by atoms with van der Waals surface area (Å²) in [4.78, 5) is 12.7. The van der Waals surface area contributed by atoms with Crippen molar-refractivity contribution in [2.24, 2.45) is 0 Å². The fraction of sp³-hybridized carbons (Fsp3) is 0.458. The van der Waals surface area contributed by atoms with E-state index in [2.05, 4.69) is 42.6 Å². The number of amides is 1. The number of carbonyl (C=O) groups excluding carboxylic acids is 1. The van der Waals surface area contributed by atoms with Crippen LogP contribution >= 0.6 is 0 Å². The topological polar surface area (TPSA) is 38.3 Å². The summed E-state index contributed by atoms with van der Waals surface area (Å²) in [5, 5.41) is 3.13. The lowest BCUT2D eigenvalue weighted by Crippen LogP contribution is -2.39. The molecule has 0 aliphatic heterocycles. The van der Waals surface area contributed by atoms with Crippen LogP contribution in [-0.4, -0.2) is 12.0 Å². The Morgan fingerprint density at radius 2 is 1.74 bits per heavy atom. The second-order valence-electron chi connectivity index (χ2n) is 7.48. The Bertz CT molecular complexity index is 766. The highest BCUT2D eigenvalue weighted by atomic mass is 16.5. The van der Waals surface area contributed by atoms with E-state index < -0.39 is 6.10 Å². The second-order valence-corrected chi connectivity index (χ2v) is 7.48. The van der Waals surface area contributed by atoms with Gasteiger partial charge < -0.3 is 10.1 Å². The first kappa shape index (κ1) is 19.5. The number of fused-ring (bicyclic) bond motifs is 1. The molecule has 1 aliphatic carbocycles. The number of rotatable bonds is 7. The van der Waals surface area contributed by atoms with Gasteiger partial charge in [-0.05, 0) is 79.8 Å². The molecule has 0 spiro atoms. The van der Waals surface area contributed by atoms with Gasteiger partial charge >= 0.3 is 0 Å². The summed E-state index contributed by atoms with van der Waals surface area (Å²) in [5.41, 5.74) is 5.35. The van der Waals surface area contributed by atoms with Gasteiger partial charge in [-0.2, -0.15) is 0 Å². The van der Waals surface area contributed by atoms with Crippen LogP contribution in [0.25, 0.3) is 0 Å². The smallest absolute Gasteiger partial charge is 0.261 e. The zero-order valence-corrected chi connectivity index (χ0v) is 16.8. The van der Waals surface area contributed by atoms with Crippen LogP contribution < -0.4 is 10.1 Å². The van der Waals surface area contributed by atoms with Crippen LogP contribution in [0.3, 0.4) is 0 Å². The summed E-state index contributed by atoms with van der Waals surface area (Å²) < 4.78 is 5.94. The minimum Gasteiger partial charge on any atom is -0.481 e. The summed E-state index contributed by atoms with van der Waals surface area (Å²) in [5.74, 6) is 0.693. The van der Waals surface area contributed by atoms with E-state index in [1.54, 1.807) is 0 Å². The van der Waals surface area contributed by atoms with Crippen molar-refractivity contribution in [2.45, 2.75) is 71.4 Å². The predicted octanol–water partition coefficient (Wildman–Crippen LogP) is 5.16. The molecule has 144 valence electrons. The van der Waals surface area contributed by atoms with E-state index in [9.17, 15) is 4.79 Å². The molecule has 0 saturated heterocycles. The average Bonchev–Trinajstić information content (AvgIpc) is 2.71. The number of carbonyl (C=O) groups is 1. The predicted molar refractivity (Wildman–Crippen MR) is 110 cm³/mol. The summed E-state index contributed by atoms with van der Waals surface area (Å²) in [7, 11) is 0. The van der Waals surface area contributed by atoms with Crippen molar-refractivity contribution < 1.29 is 9.53 Å². The summed E-state index contributed by atoms with van der Waals surface area (Å²) in [6.07, 6.45) is 6.04. The van der Waals surface area contributed by atoms with Crippen LogP contribution in [0.1, 0.15) is 68.3 Å². The molecule has 3 heteroatoms. The molecule has 0 bridgehead atoms. The molecule has 27 heavy (non-hydrogen) atoms. The Kier molecular flexibility index (Phi) is 6.54. The minimum absolute atomic E-state index is 0.0233. The third-order valence-corrected chi connectivity index (χ3v) is 5.50. The fourth-order valence-corrected chi connectivity index (χ4v) is 3.70. The summed E-state index contributed by atoms with van der Waals surface area (Å²) >= 11 is 0. The Morgan fingerprint density at radius 1 is 1.04 bits per heavy atom. The van der Waals surface area contributed by atoms with E-state index in [1.165, 1.54) is 41.5 Å². The van der Waals surface area contributed by atoms with Gasteiger partial charge in [0, 0.05) is 0 Å². The number of nitrogens with one attached hydrogen (secondary N) is 1. The van der Waals surface area contributed by atoms with E-state index in [0.29, 0.717) is 6.42 Å². The van der Waals surface area contributed by atoms with Crippen LogP contribution in [0.15, 0.2) is 42.5 Å². The van der Waals surface area contributed by atoms with Gasteiger partial charge in [0.25, 0.3) is 5.91 Å². The van der Waals surface area contributed by atoms with E-state index in [0.717, 1.165) is 18.6 Å². The molecule has 1 N–H and O–H groups in total. The highest BCUT2D eigenvalue weighted by Gasteiger charge is 2.21. The van der Waals surface area contributed by atoms with E-state index in [1.807, 2.05) is 26.0 Å². The van der Waals surface area contributed by atoms with Gasteiger partial charge in [-0.15, -0.1) is 0 Å². The third kappa shape index (κ3) is 4.91. The van der Waals surface area contributed by atoms with Gasteiger partial charge in [-0.1, -0.05) is 44.2 Å². The zero-order chi connectivity index (χ0) is 19.2. The van der Waals surface area contributed by atoms with Crippen LogP contribution in [0, 0.1) is 0 Å². The first-order valence-corrected chi connectivity index (χ1v) is 10.3. The molecule has 2 aromatic rings. The van der Waals surface area contributed by atoms with Crippen molar-refractivity contribution in [3.63, 3.8) is 0 Å². The molecule has 2 atom stereocenters. The van der Waals surface area contributed by atoms with E-state index in [4.69, 9.17) is 4.74 Å². The van der Waals surface area contributed by atoms with E-state index in [-0.39, 0.29) is 11.9 Å². The van der Waals surface area contributed by atoms with E-state index >= 15 is 0 Å². The molecule has 0 aromatic heterocycles. The maximum absolute atomic E-state index is 12.7. The largest absolute Gasteiger partial charge is 0.481 e. The first-order valence-electron chi connectivity index (χ1n) is 10.3. The lowest BCUT2D eigenvalue weighted by Gasteiger charge is -2.23. The lowest BCUT2D eigenvalue weighted by atomic mass is 9.89. The Balaban J connectivity index is 1.63. The maximum atomic E-state index is 12.7. The standard InChI is InChI=1S/C24H31NO2/c1-4-18-10-14-22(15-11-18)27-23(5-2)24(26)25-17(3)20-13-12-19-8-6-7-9-21(19)16-20/h10-17,23H,4-9H2,1-3H3,(H,25,26)/t17-,23+/m1/s1. The van der Waals surface area contributed by atoms with Crippen molar-refractivity contribution >= 4 is 5.91 Å². The highest BCUT2D eigenvalue weighted by molar-refractivity contribution is 5.81. The molecule has 2 aromatic carbocycles. The molecule has 0 radical (unpaired) electrons. The Morgan fingerprint density at radius 3 is 2.41 bits per heavy atom. The molecule has 3 rings (SSSR count). The van der Waals surface area contributed by atoms with Crippen LogP contribution in [0.5, 0.6) is 5.75 Å². The number of hydrogen-bond acceptors (Lipinski definition) is 2. The van der Waals surface area contributed by atoms with Crippen LogP contribution in [-0.2, 0) is 24.1 Å². The zero-order valence-electron chi connectivity index (χ0n) is 16.8. The minimum atomic E-state index is -0.474. The molecule has 0 saturated carbocycles. The Labute approximate surface area is 163 Å². The fourth-order valence-electron chi connectivity index (χ4n) is 3.70. The molecule has 0 fully saturated rings. The van der Waals surface area contributed by atoms with Gasteiger partial charge in [-0.3, -0.25) is 4.79 Å². The molecule has 1 aliphatic rings. The van der Waals surface area contributed by atoms with Crippen molar-refractivity contribution in [2.75, 3.05) is 0 Å². The maximum Gasteiger partial charge on any atom is 0.261 e. The molecule has 1 amide bonds. The van der Waals surface area contributed by atoms with Crippen LogP contribution in [0.2, 0.25) is 0 Å². The number of aryl methyl sites for hydroxylation is 3. The average molecular weight is 366 g/mol. The molecule has 0 heterocycles. The highest BCUT2D eigenvalue weighted by Crippen LogP contribution is 2.25. The van der Waals surface area contributed by atoms with Gasteiger partial charge in [0.05, 0.1) is 6.04 Å².